The van der Waals surface area contributed by atoms with Gasteiger partial charge in [0, 0.05) is 38.0 Å². The number of benzene rings is 1. The number of carbonyl (C=O) groups excluding carboxylic acids is 1. The summed E-state index contributed by atoms with van der Waals surface area (Å²) in [6, 6.07) is 6.20. The summed E-state index contributed by atoms with van der Waals surface area (Å²) in [5, 5.41) is 13.7. The third kappa shape index (κ3) is 5.71. The molecular weight excluding hydrogens is 312 g/mol. The lowest BCUT2D eigenvalue weighted by molar-refractivity contribution is -0.385. The van der Waals surface area contributed by atoms with Gasteiger partial charge in [0.2, 0.25) is 5.91 Å². The molecule has 0 radical (unpaired) electrons. The van der Waals surface area contributed by atoms with Crippen molar-refractivity contribution in [2.75, 3.05) is 13.2 Å². The average molecular weight is 332 g/mol. The molecule has 0 saturated carbocycles. The van der Waals surface area contributed by atoms with Gasteiger partial charge in [0.1, 0.15) is 0 Å². The van der Waals surface area contributed by atoms with E-state index in [1.54, 1.807) is 30.7 Å². The number of nitrogens with one attached hydrogen (secondary N) is 1. The summed E-state index contributed by atoms with van der Waals surface area (Å²) in [5.74, 6) is 0.176. The van der Waals surface area contributed by atoms with E-state index in [1.165, 1.54) is 6.07 Å². The Hall–Kier alpha value is -2.90. The summed E-state index contributed by atoms with van der Waals surface area (Å²) >= 11 is 0. The molecule has 0 aliphatic heterocycles. The zero-order valence-corrected chi connectivity index (χ0v) is 13.3. The van der Waals surface area contributed by atoms with Crippen LogP contribution in [0.15, 0.2) is 43.0 Å². The van der Waals surface area contributed by atoms with Gasteiger partial charge in [-0.25, -0.2) is 4.98 Å². The quantitative estimate of drug-likeness (QED) is 0.408. The van der Waals surface area contributed by atoms with Gasteiger partial charge in [-0.3, -0.25) is 14.9 Å². The van der Waals surface area contributed by atoms with Gasteiger partial charge in [-0.15, -0.1) is 0 Å². The van der Waals surface area contributed by atoms with E-state index in [1.807, 2.05) is 10.8 Å². The number of nitro benzene ring substituents is 1. The van der Waals surface area contributed by atoms with E-state index in [0.29, 0.717) is 19.4 Å². The first-order valence-electron chi connectivity index (χ1n) is 7.75. The molecule has 1 aromatic carbocycles. The van der Waals surface area contributed by atoms with Crippen molar-refractivity contribution in [1.82, 2.24) is 14.9 Å². The fourth-order valence-electron chi connectivity index (χ4n) is 2.14. The average Bonchev–Trinajstić information content (AvgIpc) is 3.09. The highest BCUT2D eigenvalue weighted by Gasteiger charge is 2.13. The molecule has 128 valence electrons. The largest absolute Gasteiger partial charge is 0.487 e. The van der Waals surface area contributed by atoms with Crippen molar-refractivity contribution in [1.29, 1.82) is 0 Å². The van der Waals surface area contributed by atoms with Crippen LogP contribution in [0.5, 0.6) is 5.75 Å². The summed E-state index contributed by atoms with van der Waals surface area (Å²) in [6.45, 7) is 1.66. The second kappa shape index (κ2) is 9.29. The van der Waals surface area contributed by atoms with Gasteiger partial charge in [-0.2, -0.15) is 0 Å². The number of rotatable bonds is 10. The standard InChI is InChI=1S/C16H20N4O4/c21-16(18-8-4-10-19-11-9-17-13-19)7-3-12-24-15-6-2-1-5-14(15)20(22)23/h1-2,5-6,9,11,13H,3-4,7-8,10,12H2,(H,18,21). The van der Waals surface area contributed by atoms with Crippen molar-refractivity contribution in [2.45, 2.75) is 25.8 Å². The predicted octanol–water partition coefficient (Wildman–Crippen LogP) is 2.16. The fraction of sp³-hybridized carbons (Fsp3) is 0.375. The minimum absolute atomic E-state index is 0.0493. The molecule has 0 aliphatic carbocycles. The normalized spacial score (nSPS) is 10.3. The van der Waals surface area contributed by atoms with Crippen LogP contribution in [-0.4, -0.2) is 33.5 Å². The highest BCUT2D eigenvalue weighted by atomic mass is 16.6. The van der Waals surface area contributed by atoms with E-state index in [9.17, 15) is 14.9 Å². The Morgan fingerprint density at radius 3 is 2.92 bits per heavy atom. The van der Waals surface area contributed by atoms with Gasteiger partial charge in [0.15, 0.2) is 5.75 Å². The molecule has 0 atom stereocenters. The number of para-hydroxylation sites is 2. The smallest absolute Gasteiger partial charge is 0.310 e. The molecule has 1 amide bonds. The van der Waals surface area contributed by atoms with E-state index in [2.05, 4.69) is 10.3 Å². The molecule has 0 fully saturated rings. The molecular formula is C16H20N4O4. The Morgan fingerprint density at radius 2 is 2.17 bits per heavy atom. The van der Waals surface area contributed by atoms with E-state index in [0.717, 1.165) is 13.0 Å². The van der Waals surface area contributed by atoms with Crippen LogP contribution in [0, 0.1) is 10.1 Å². The Balaban J connectivity index is 1.58. The highest BCUT2D eigenvalue weighted by Crippen LogP contribution is 2.25. The van der Waals surface area contributed by atoms with Crippen molar-refractivity contribution >= 4 is 11.6 Å². The maximum absolute atomic E-state index is 11.7. The van der Waals surface area contributed by atoms with Gasteiger partial charge in [0.05, 0.1) is 17.9 Å². The van der Waals surface area contributed by atoms with Crippen molar-refractivity contribution in [3.05, 3.63) is 53.1 Å². The molecule has 8 heteroatoms. The lowest BCUT2D eigenvalue weighted by Gasteiger charge is -2.07. The number of aromatic nitrogens is 2. The first-order valence-corrected chi connectivity index (χ1v) is 7.75. The number of hydrogen-bond donors (Lipinski definition) is 1. The summed E-state index contributed by atoms with van der Waals surface area (Å²) in [4.78, 5) is 26.0. The third-order valence-electron chi connectivity index (χ3n) is 3.34. The van der Waals surface area contributed by atoms with Gasteiger partial charge in [-0.1, -0.05) is 12.1 Å². The molecule has 8 nitrogen and oxygen atoms in total. The second-order valence-corrected chi connectivity index (χ2v) is 5.18. The fourth-order valence-corrected chi connectivity index (χ4v) is 2.14. The van der Waals surface area contributed by atoms with Crippen LogP contribution in [0.3, 0.4) is 0 Å². The predicted molar refractivity (Wildman–Crippen MR) is 87.7 cm³/mol. The summed E-state index contributed by atoms with van der Waals surface area (Å²) in [6.07, 6.45) is 6.99. The van der Waals surface area contributed by atoms with E-state index < -0.39 is 4.92 Å². The van der Waals surface area contributed by atoms with E-state index >= 15 is 0 Å². The molecule has 0 bridgehead atoms. The first-order chi connectivity index (χ1) is 11.7. The molecule has 2 aromatic rings. The molecule has 0 aliphatic rings. The van der Waals surface area contributed by atoms with Crippen LogP contribution < -0.4 is 10.1 Å². The van der Waals surface area contributed by atoms with Crippen molar-refractivity contribution in [2.24, 2.45) is 0 Å². The minimum Gasteiger partial charge on any atom is -0.487 e. The number of aryl methyl sites for hydroxylation is 1. The van der Waals surface area contributed by atoms with E-state index in [-0.39, 0.29) is 24.0 Å². The number of amides is 1. The number of nitrogens with zero attached hydrogens (tertiary/aromatic N) is 3. The zero-order chi connectivity index (χ0) is 17.2. The van der Waals surface area contributed by atoms with Gasteiger partial charge < -0.3 is 14.6 Å². The topological polar surface area (TPSA) is 99.3 Å². The van der Waals surface area contributed by atoms with Crippen LogP contribution >= 0.6 is 0 Å². The lowest BCUT2D eigenvalue weighted by Crippen LogP contribution is -2.25. The molecule has 0 spiro atoms. The number of imidazole rings is 1. The first kappa shape index (κ1) is 17.5. The highest BCUT2D eigenvalue weighted by molar-refractivity contribution is 5.75. The number of nitro groups is 1. The Kier molecular flexibility index (Phi) is 6.75. The Bertz CT molecular complexity index is 658. The van der Waals surface area contributed by atoms with Crippen molar-refractivity contribution in [3.63, 3.8) is 0 Å². The monoisotopic (exact) mass is 332 g/mol. The lowest BCUT2D eigenvalue weighted by atomic mass is 10.3. The molecule has 24 heavy (non-hydrogen) atoms. The third-order valence-corrected chi connectivity index (χ3v) is 3.34. The summed E-state index contributed by atoms with van der Waals surface area (Å²) < 4.78 is 7.34. The second-order valence-electron chi connectivity index (χ2n) is 5.18. The molecule has 0 saturated heterocycles. The van der Waals surface area contributed by atoms with Crippen LogP contribution in [0.2, 0.25) is 0 Å². The van der Waals surface area contributed by atoms with Crippen molar-refractivity contribution < 1.29 is 14.5 Å². The van der Waals surface area contributed by atoms with Crippen LogP contribution in [0.25, 0.3) is 0 Å². The minimum atomic E-state index is -0.484. The van der Waals surface area contributed by atoms with Crippen molar-refractivity contribution in [3.8, 4) is 5.75 Å². The Labute approximate surface area is 139 Å². The molecule has 1 N–H and O–H groups in total. The zero-order valence-electron chi connectivity index (χ0n) is 13.3. The van der Waals surface area contributed by atoms with Gasteiger partial charge >= 0.3 is 5.69 Å². The maximum Gasteiger partial charge on any atom is 0.310 e. The number of hydrogen-bond acceptors (Lipinski definition) is 5. The molecule has 1 heterocycles. The molecule has 0 unspecified atom stereocenters. The maximum atomic E-state index is 11.7. The SMILES string of the molecule is O=C(CCCOc1ccccc1[N+](=O)[O-])NCCCn1ccnc1. The van der Waals surface area contributed by atoms with Crippen LogP contribution in [0.1, 0.15) is 19.3 Å². The summed E-state index contributed by atoms with van der Waals surface area (Å²) in [5.41, 5.74) is -0.0681. The molecule has 1 aromatic heterocycles. The van der Waals surface area contributed by atoms with Gasteiger partial charge in [-0.05, 0) is 18.9 Å². The van der Waals surface area contributed by atoms with E-state index in [4.69, 9.17) is 4.74 Å². The van der Waals surface area contributed by atoms with Crippen LogP contribution in [-0.2, 0) is 11.3 Å². The number of carbonyl (C=O) groups is 1. The number of ether oxygens (including phenoxy) is 1. The Morgan fingerprint density at radius 1 is 1.33 bits per heavy atom. The van der Waals surface area contributed by atoms with Gasteiger partial charge in [0.25, 0.3) is 0 Å². The summed E-state index contributed by atoms with van der Waals surface area (Å²) in [7, 11) is 0. The van der Waals surface area contributed by atoms with Crippen LogP contribution in [0.4, 0.5) is 5.69 Å². The molecule has 2 rings (SSSR count).